The molecule has 0 spiro atoms. The molecule has 1 saturated heterocycles. The van der Waals surface area contributed by atoms with Gasteiger partial charge >= 0.3 is 0 Å². The topological polar surface area (TPSA) is 52.0 Å². The van der Waals surface area contributed by atoms with Crippen LogP contribution in [-0.2, 0) is 0 Å². The third kappa shape index (κ3) is 3.18. The summed E-state index contributed by atoms with van der Waals surface area (Å²) in [5.41, 5.74) is 1.48. The van der Waals surface area contributed by atoms with Crippen molar-refractivity contribution in [3.63, 3.8) is 0 Å². The van der Waals surface area contributed by atoms with E-state index in [-0.39, 0.29) is 0 Å². The van der Waals surface area contributed by atoms with Gasteiger partial charge in [0.05, 0.1) is 0 Å². The van der Waals surface area contributed by atoms with Crippen molar-refractivity contribution in [2.24, 2.45) is 0 Å². The van der Waals surface area contributed by atoms with E-state index in [0.29, 0.717) is 11.7 Å². The summed E-state index contributed by atoms with van der Waals surface area (Å²) in [4.78, 5) is 6.43. The van der Waals surface area contributed by atoms with Crippen LogP contribution in [-0.4, -0.2) is 35.6 Å². The molecule has 90 valence electrons. The lowest BCUT2D eigenvalue weighted by Gasteiger charge is -2.31. The van der Waals surface area contributed by atoms with Crippen LogP contribution < -0.4 is 5.32 Å². The number of hydrogen-bond donors (Lipinski definition) is 1. The van der Waals surface area contributed by atoms with Crippen LogP contribution in [0, 0.1) is 11.3 Å². The Morgan fingerprint density at radius 3 is 2.94 bits per heavy atom. The molecule has 1 aliphatic heterocycles. The molecule has 4 heteroatoms. The number of anilines is 1. The van der Waals surface area contributed by atoms with Gasteiger partial charge in [0.25, 0.3) is 0 Å². The van der Waals surface area contributed by atoms with Crippen LogP contribution in [0.25, 0.3) is 0 Å². The van der Waals surface area contributed by atoms with Gasteiger partial charge in [-0.2, -0.15) is 5.26 Å². The lowest BCUT2D eigenvalue weighted by Crippen LogP contribution is -2.38. The molecule has 0 amide bonds. The predicted octanol–water partition coefficient (Wildman–Crippen LogP) is 1.85. The molecule has 1 aliphatic rings. The van der Waals surface area contributed by atoms with E-state index in [0.717, 1.165) is 38.2 Å². The van der Waals surface area contributed by atoms with E-state index >= 15 is 0 Å². The molecule has 2 rings (SSSR count). The monoisotopic (exact) mass is 230 g/mol. The number of nitrogens with one attached hydrogen (secondary N) is 1. The van der Waals surface area contributed by atoms with E-state index in [1.165, 1.54) is 0 Å². The summed E-state index contributed by atoms with van der Waals surface area (Å²) in [6.45, 7) is 5.66. The zero-order chi connectivity index (χ0) is 12.1. The summed E-state index contributed by atoms with van der Waals surface area (Å²) in [7, 11) is 0. The number of likely N-dealkylation sites (tertiary alicyclic amines) is 1. The maximum atomic E-state index is 8.79. The van der Waals surface area contributed by atoms with Gasteiger partial charge in [-0.1, -0.05) is 6.92 Å². The van der Waals surface area contributed by atoms with E-state index in [1.807, 2.05) is 12.1 Å². The van der Waals surface area contributed by atoms with Gasteiger partial charge in [-0.05, 0) is 31.5 Å². The van der Waals surface area contributed by atoms with Crippen molar-refractivity contribution in [3.8, 4) is 6.07 Å². The standard InChI is InChI=1S/C13H18N4/c1-2-17-7-4-11(5-8-17)16-12-3-6-15-13(9-12)10-14/h3,6,9,11H,2,4-5,7-8H2,1H3,(H,15,16). The average Bonchev–Trinajstić information content (AvgIpc) is 2.40. The number of aromatic nitrogens is 1. The third-order valence-corrected chi connectivity index (χ3v) is 3.28. The van der Waals surface area contributed by atoms with Gasteiger partial charge in [0.15, 0.2) is 0 Å². The van der Waals surface area contributed by atoms with Gasteiger partial charge in [0.1, 0.15) is 11.8 Å². The molecule has 1 aromatic rings. The van der Waals surface area contributed by atoms with Gasteiger partial charge in [-0.3, -0.25) is 0 Å². The molecule has 1 aromatic heterocycles. The molecule has 2 heterocycles. The average molecular weight is 230 g/mol. The van der Waals surface area contributed by atoms with Crippen LogP contribution in [0.3, 0.4) is 0 Å². The van der Waals surface area contributed by atoms with E-state index < -0.39 is 0 Å². The molecule has 17 heavy (non-hydrogen) atoms. The van der Waals surface area contributed by atoms with E-state index in [1.54, 1.807) is 6.20 Å². The molecule has 4 nitrogen and oxygen atoms in total. The van der Waals surface area contributed by atoms with Crippen LogP contribution >= 0.6 is 0 Å². The highest BCUT2D eigenvalue weighted by Gasteiger charge is 2.17. The summed E-state index contributed by atoms with van der Waals surface area (Å²) in [5, 5.41) is 12.3. The molecule has 0 radical (unpaired) electrons. The normalized spacial score (nSPS) is 17.6. The Kier molecular flexibility index (Phi) is 3.94. The summed E-state index contributed by atoms with van der Waals surface area (Å²) in [6, 6.07) is 6.32. The SMILES string of the molecule is CCN1CCC(Nc2ccnc(C#N)c2)CC1. The Hall–Kier alpha value is -1.60. The maximum Gasteiger partial charge on any atom is 0.142 e. The van der Waals surface area contributed by atoms with Crippen LogP contribution in [0.2, 0.25) is 0 Å². The summed E-state index contributed by atoms with van der Waals surface area (Å²) in [6.07, 6.45) is 4.01. The fraction of sp³-hybridized carbons (Fsp3) is 0.538. The highest BCUT2D eigenvalue weighted by Crippen LogP contribution is 2.16. The molecule has 0 aliphatic carbocycles. The first-order valence-corrected chi connectivity index (χ1v) is 6.17. The minimum absolute atomic E-state index is 0.473. The fourth-order valence-electron chi connectivity index (χ4n) is 2.21. The minimum Gasteiger partial charge on any atom is -0.382 e. The van der Waals surface area contributed by atoms with Crippen molar-refractivity contribution in [3.05, 3.63) is 24.0 Å². The molecule has 0 bridgehead atoms. The summed E-state index contributed by atoms with van der Waals surface area (Å²) in [5.74, 6) is 0. The molecule has 1 fully saturated rings. The van der Waals surface area contributed by atoms with Crippen molar-refractivity contribution < 1.29 is 0 Å². The molecular weight excluding hydrogens is 212 g/mol. The van der Waals surface area contributed by atoms with E-state index in [4.69, 9.17) is 5.26 Å². The molecule has 0 atom stereocenters. The smallest absolute Gasteiger partial charge is 0.142 e. The first-order valence-electron chi connectivity index (χ1n) is 6.17. The van der Waals surface area contributed by atoms with Crippen LogP contribution in [0.1, 0.15) is 25.5 Å². The Morgan fingerprint density at radius 1 is 1.53 bits per heavy atom. The molecule has 0 aromatic carbocycles. The Bertz CT molecular complexity index is 402. The van der Waals surface area contributed by atoms with Crippen LogP contribution in [0.15, 0.2) is 18.3 Å². The zero-order valence-corrected chi connectivity index (χ0v) is 10.2. The Labute approximate surface area is 102 Å². The minimum atomic E-state index is 0.473. The van der Waals surface area contributed by atoms with Crippen molar-refractivity contribution in [2.45, 2.75) is 25.8 Å². The van der Waals surface area contributed by atoms with E-state index in [2.05, 4.69) is 28.2 Å². The van der Waals surface area contributed by atoms with Gasteiger partial charge < -0.3 is 10.2 Å². The second-order valence-electron chi connectivity index (χ2n) is 4.39. The Morgan fingerprint density at radius 2 is 2.29 bits per heavy atom. The molecule has 0 unspecified atom stereocenters. The van der Waals surface area contributed by atoms with Crippen molar-refractivity contribution in [1.29, 1.82) is 5.26 Å². The number of rotatable bonds is 3. The molecule has 1 N–H and O–H groups in total. The lowest BCUT2D eigenvalue weighted by molar-refractivity contribution is 0.229. The molecular formula is C13H18N4. The highest BCUT2D eigenvalue weighted by molar-refractivity contribution is 5.46. The van der Waals surface area contributed by atoms with Crippen molar-refractivity contribution in [2.75, 3.05) is 25.0 Å². The first kappa shape index (κ1) is 11.9. The first-order chi connectivity index (χ1) is 8.31. The molecule has 0 saturated carbocycles. The van der Waals surface area contributed by atoms with Crippen LogP contribution in [0.4, 0.5) is 5.69 Å². The quantitative estimate of drug-likeness (QED) is 0.861. The van der Waals surface area contributed by atoms with Gasteiger partial charge in [-0.15, -0.1) is 0 Å². The fourth-order valence-corrected chi connectivity index (χ4v) is 2.21. The third-order valence-electron chi connectivity index (χ3n) is 3.28. The summed E-state index contributed by atoms with van der Waals surface area (Å²) >= 11 is 0. The van der Waals surface area contributed by atoms with Crippen LogP contribution in [0.5, 0.6) is 0 Å². The number of nitrogens with zero attached hydrogens (tertiary/aromatic N) is 3. The number of pyridine rings is 1. The summed E-state index contributed by atoms with van der Waals surface area (Å²) < 4.78 is 0. The Balaban J connectivity index is 1.91. The number of piperidine rings is 1. The van der Waals surface area contributed by atoms with E-state index in [9.17, 15) is 0 Å². The zero-order valence-electron chi connectivity index (χ0n) is 10.2. The largest absolute Gasteiger partial charge is 0.382 e. The highest BCUT2D eigenvalue weighted by atomic mass is 15.1. The maximum absolute atomic E-state index is 8.79. The van der Waals surface area contributed by atoms with Gasteiger partial charge in [0, 0.05) is 31.0 Å². The number of nitriles is 1. The lowest BCUT2D eigenvalue weighted by atomic mass is 10.0. The van der Waals surface area contributed by atoms with Crippen molar-refractivity contribution >= 4 is 5.69 Å². The number of hydrogen-bond acceptors (Lipinski definition) is 4. The van der Waals surface area contributed by atoms with Gasteiger partial charge in [-0.25, -0.2) is 4.98 Å². The van der Waals surface area contributed by atoms with Gasteiger partial charge in [0.2, 0.25) is 0 Å². The predicted molar refractivity (Wildman–Crippen MR) is 67.7 cm³/mol. The second-order valence-corrected chi connectivity index (χ2v) is 4.39. The van der Waals surface area contributed by atoms with Crippen molar-refractivity contribution in [1.82, 2.24) is 9.88 Å². The second kappa shape index (κ2) is 5.65.